The summed E-state index contributed by atoms with van der Waals surface area (Å²) < 4.78 is 4.93. The van der Waals surface area contributed by atoms with Gasteiger partial charge in [0.15, 0.2) is 11.5 Å². The zero-order valence-electron chi connectivity index (χ0n) is 14.1. The van der Waals surface area contributed by atoms with E-state index < -0.39 is 0 Å². The summed E-state index contributed by atoms with van der Waals surface area (Å²) in [5, 5.41) is 10.4. The number of rotatable bonds is 3. The van der Waals surface area contributed by atoms with E-state index in [1.807, 2.05) is 27.5 Å². The Labute approximate surface area is 157 Å². The number of fused-ring (bicyclic) bond motifs is 5. The van der Waals surface area contributed by atoms with Crippen LogP contribution in [0.5, 0.6) is 0 Å². The molecule has 4 heterocycles. The van der Waals surface area contributed by atoms with Crippen molar-refractivity contribution < 1.29 is 0 Å². The van der Waals surface area contributed by atoms with Crippen molar-refractivity contribution in [3.63, 3.8) is 0 Å². The highest BCUT2D eigenvalue weighted by atomic mass is 79.9. The molecule has 0 aliphatic heterocycles. The van der Waals surface area contributed by atoms with Crippen LogP contribution >= 0.6 is 27.3 Å². The molecular weight excluding hydrogens is 400 g/mol. The van der Waals surface area contributed by atoms with Crippen LogP contribution in [-0.2, 0) is 25.8 Å². The van der Waals surface area contributed by atoms with Crippen LogP contribution in [-0.4, -0.2) is 29.4 Å². The van der Waals surface area contributed by atoms with E-state index in [-0.39, 0.29) is 0 Å². The molecule has 0 bridgehead atoms. The normalized spacial score (nSPS) is 14.0. The summed E-state index contributed by atoms with van der Waals surface area (Å²) in [6, 6.07) is 0. The van der Waals surface area contributed by atoms with Crippen LogP contribution in [0, 0.1) is 13.8 Å². The number of hydrogen-bond donors (Lipinski definition) is 0. The lowest BCUT2D eigenvalue weighted by Crippen LogP contribution is -2.06. The summed E-state index contributed by atoms with van der Waals surface area (Å²) >= 11 is 5.40. The van der Waals surface area contributed by atoms with Gasteiger partial charge in [-0.3, -0.25) is 4.68 Å². The summed E-state index contributed by atoms with van der Waals surface area (Å²) in [7, 11) is 0. The van der Waals surface area contributed by atoms with E-state index in [0.717, 1.165) is 51.5 Å². The Morgan fingerprint density at radius 1 is 1.24 bits per heavy atom. The number of aromatic nitrogens is 6. The van der Waals surface area contributed by atoms with Gasteiger partial charge in [0, 0.05) is 23.5 Å². The minimum atomic E-state index is 0.754. The molecule has 0 saturated carbocycles. The number of halogens is 1. The van der Waals surface area contributed by atoms with Crippen LogP contribution < -0.4 is 0 Å². The largest absolute Gasteiger partial charge is 0.268 e. The minimum absolute atomic E-state index is 0.754. The zero-order chi connectivity index (χ0) is 17.1. The average Bonchev–Trinajstić information content (AvgIpc) is 3.32. The molecule has 0 fully saturated rings. The topological polar surface area (TPSA) is 60.9 Å². The van der Waals surface area contributed by atoms with Gasteiger partial charge in [0.05, 0.1) is 15.6 Å². The van der Waals surface area contributed by atoms with Crippen molar-refractivity contribution in [3.8, 4) is 0 Å². The zero-order valence-corrected chi connectivity index (χ0v) is 16.5. The van der Waals surface area contributed by atoms with Gasteiger partial charge in [-0.15, -0.1) is 16.4 Å². The molecule has 1 aliphatic carbocycles. The van der Waals surface area contributed by atoms with Crippen LogP contribution in [0.2, 0.25) is 0 Å². The third-order valence-corrected chi connectivity index (χ3v) is 7.27. The summed E-state index contributed by atoms with van der Waals surface area (Å²) in [4.78, 5) is 12.0. The smallest absolute Gasteiger partial charge is 0.167 e. The first-order chi connectivity index (χ1) is 12.1. The molecule has 0 spiro atoms. The van der Waals surface area contributed by atoms with Crippen LogP contribution in [0.15, 0.2) is 10.8 Å². The van der Waals surface area contributed by atoms with E-state index in [0.29, 0.717) is 0 Å². The van der Waals surface area contributed by atoms with Crippen LogP contribution in [0.3, 0.4) is 0 Å². The predicted octanol–water partition coefficient (Wildman–Crippen LogP) is 3.65. The van der Waals surface area contributed by atoms with Gasteiger partial charge in [-0.1, -0.05) is 0 Å². The Hall–Kier alpha value is -1.80. The Kier molecular flexibility index (Phi) is 3.46. The second kappa shape index (κ2) is 5.60. The molecule has 128 valence electrons. The van der Waals surface area contributed by atoms with Gasteiger partial charge >= 0.3 is 0 Å². The van der Waals surface area contributed by atoms with Gasteiger partial charge in [-0.2, -0.15) is 5.10 Å². The second-order valence-electron chi connectivity index (χ2n) is 6.54. The van der Waals surface area contributed by atoms with Crippen molar-refractivity contribution in [2.75, 3.05) is 0 Å². The molecule has 0 amide bonds. The third-order valence-electron chi connectivity index (χ3n) is 4.93. The summed E-state index contributed by atoms with van der Waals surface area (Å²) in [5.41, 5.74) is 4.55. The van der Waals surface area contributed by atoms with Crippen LogP contribution in [0.4, 0.5) is 0 Å². The van der Waals surface area contributed by atoms with Crippen molar-refractivity contribution in [2.45, 2.75) is 46.1 Å². The van der Waals surface area contributed by atoms with Crippen molar-refractivity contribution in [2.24, 2.45) is 0 Å². The quantitative estimate of drug-likeness (QED) is 0.511. The summed E-state index contributed by atoms with van der Waals surface area (Å²) in [5.74, 6) is 0.843. The second-order valence-corrected chi connectivity index (χ2v) is 8.41. The Bertz CT molecular complexity index is 1120. The first kappa shape index (κ1) is 15.5. The molecule has 0 unspecified atom stereocenters. The van der Waals surface area contributed by atoms with Crippen molar-refractivity contribution in [1.29, 1.82) is 0 Å². The Morgan fingerprint density at radius 2 is 2.12 bits per heavy atom. The lowest BCUT2D eigenvalue weighted by Gasteiger charge is -2.01. The highest BCUT2D eigenvalue weighted by molar-refractivity contribution is 9.10. The maximum atomic E-state index is 4.83. The van der Waals surface area contributed by atoms with Gasteiger partial charge in [-0.05, 0) is 54.6 Å². The molecule has 0 aromatic carbocycles. The molecule has 6 nitrogen and oxygen atoms in total. The number of hydrogen-bond acceptors (Lipinski definition) is 5. The summed E-state index contributed by atoms with van der Waals surface area (Å²) in [6.07, 6.45) is 6.10. The molecule has 0 atom stereocenters. The van der Waals surface area contributed by atoms with E-state index in [1.54, 1.807) is 6.33 Å². The fourth-order valence-electron chi connectivity index (χ4n) is 3.64. The summed E-state index contributed by atoms with van der Waals surface area (Å²) in [6.45, 7) is 4.85. The van der Waals surface area contributed by atoms with E-state index in [9.17, 15) is 0 Å². The monoisotopic (exact) mass is 416 g/mol. The fourth-order valence-corrected chi connectivity index (χ4v) is 5.15. The van der Waals surface area contributed by atoms with E-state index in [4.69, 9.17) is 4.98 Å². The highest BCUT2D eigenvalue weighted by Gasteiger charge is 2.22. The van der Waals surface area contributed by atoms with Gasteiger partial charge < -0.3 is 0 Å². The van der Waals surface area contributed by atoms with Crippen LogP contribution in [0.25, 0.3) is 15.9 Å². The van der Waals surface area contributed by atoms with Crippen molar-refractivity contribution >= 4 is 43.1 Å². The molecule has 25 heavy (non-hydrogen) atoms. The first-order valence-electron chi connectivity index (χ1n) is 8.46. The van der Waals surface area contributed by atoms with Crippen molar-refractivity contribution in [1.82, 2.24) is 29.4 Å². The lowest BCUT2D eigenvalue weighted by atomic mass is 10.2. The molecule has 0 N–H and O–H groups in total. The van der Waals surface area contributed by atoms with Crippen molar-refractivity contribution in [3.05, 3.63) is 38.5 Å². The minimum Gasteiger partial charge on any atom is -0.268 e. The van der Waals surface area contributed by atoms with E-state index in [2.05, 4.69) is 38.0 Å². The highest BCUT2D eigenvalue weighted by Crippen LogP contribution is 2.37. The van der Waals surface area contributed by atoms with Gasteiger partial charge in [0.25, 0.3) is 0 Å². The standard InChI is InChI=1S/C17H17BrN6S/c1-9-15(18)10(2)23(21-9)7-6-13-20-16-14-11-4-3-5-12(11)25-17(14)19-8-24(16)22-13/h8H,3-7H2,1-2H3. The molecule has 0 saturated heterocycles. The average molecular weight is 417 g/mol. The molecular formula is C17H17BrN6S. The maximum Gasteiger partial charge on any atom is 0.167 e. The molecule has 4 aromatic heterocycles. The molecule has 8 heteroatoms. The molecule has 5 rings (SSSR count). The van der Waals surface area contributed by atoms with Gasteiger partial charge in [0.1, 0.15) is 11.2 Å². The SMILES string of the molecule is Cc1nn(CCc2nc3c4c5c(sc4ncn3n2)CCC5)c(C)c1Br. The number of nitrogens with zero attached hydrogens (tertiary/aromatic N) is 6. The van der Waals surface area contributed by atoms with Gasteiger partial charge in [0.2, 0.25) is 0 Å². The molecule has 4 aromatic rings. The number of aryl methyl sites for hydroxylation is 5. The van der Waals surface area contributed by atoms with Crippen LogP contribution in [0.1, 0.15) is 34.1 Å². The molecule has 1 aliphatic rings. The first-order valence-corrected chi connectivity index (χ1v) is 10.1. The van der Waals surface area contributed by atoms with E-state index in [1.165, 1.54) is 28.7 Å². The predicted molar refractivity (Wildman–Crippen MR) is 101 cm³/mol. The van der Waals surface area contributed by atoms with Gasteiger partial charge in [-0.25, -0.2) is 14.5 Å². The fraction of sp³-hybridized carbons (Fsp3) is 0.412. The Balaban J connectivity index is 1.52. The third kappa shape index (κ3) is 2.34. The maximum absolute atomic E-state index is 4.83. The van der Waals surface area contributed by atoms with E-state index >= 15 is 0 Å². The molecule has 0 radical (unpaired) electrons. The lowest BCUT2D eigenvalue weighted by molar-refractivity contribution is 0.581. The Morgan fingerprint density at radius 3 is 2.92 bits per heavy atom. The number of thiophene rings is 1.